The summed E-state index contributed by atoms with van der Waals surface area (Å²) in [7, 11) is 0. The Morgan fingerprint density at radius 1 is 0.479 bits per heavy atom. The summed E-state index contributed by atoms with van der Waals surface area (Å²) in [4.78, 5) is 10.4. The van der Waals surface area contributed by atoms with E-state index in [4.69, 9.17) is 9.97 Å². The lowest BCUT2D eigenvalue weighted by Crippen LogP contribution is -2.25. The molecular formula is C67H63N3O. The fraction of sp³-hybridized carbons (Fsp3) is 0.194. The number of hydrogen-bond acceptors (Lipinski definition) is 3. The zero-order valence-corrected chi connectivity index (χ0v) is 41.7. The van der Waals surface area contributed by atoms with Crippen molar-refractivity contribution in [1.82, 2.24) is 14.5 Å². The first-order chi connectivity index (χ1) is 35.8. The smallest absolute Gasteiger partial charge is 0.149 e. The SMILES string of the molecule is [2H]C([2H])([2H])c1cc(-c2c(C(C)(CC)CC)cccc2C(C)(CC)CC)ccc1-n1c(-c2ccccc2O)nc2c(-c3cc(-c4ccccc4)cc(-c4cc(-c5ccc(-c6ccccc6)cc5)ccn4)c3)cccc21. The molecule has 0 saturated heterocycles. The van der Waals surface area contributed by atoms with E-state index in [2.05, 4.69) is 163 Å². The third-order valence-corrected chi connectivity index (χ3v) is 15.6. The number of nitrogens with zero attached hydrogens (tertiary/aromatic N) is 3. The van der Waals surface area contributed by atoms with Gasteiger partial charge in [-0.3, -0.25) is 9.55 Å². The van der Waals surface area contributed by atoms with E-state index in [-0.39, 0.29) is 22.1 Å². The van der Waals surface area contributed by atoms with Crippen LogP contribution in [0, 0.1) is 6.85 Å². The molecule has 1 N–H and O–H groups in total. The number of aryl methyl sites for hydroxylation is 1. The Morgan fingerprint density at radius 2 is 1.01 bits per heavy atom. The maximum absolute atomic E-state index is 11.6. The molecule has 0 bridgehead atoms. The molecule has 0 aliphatic carbocycles. The van der Waals surface area contributed by atoms with Crippen LogP contribution in [0.15, 0.2) is 200 Å². The molecule has 0 saturated carbocycles. The first-order valence-corrected chi connectivity index (χ1v) is 25.2. The molecule has 2 aromatic heterocycles. The number of pyridine rings is 1. The molecule has 0 amide bonds. The van der Waals surface area contributed by atoms with Gasteiger partial charge >= 0.3 is 0 Å². The summed E-state index contributed by atoms with van der Waals surface area (Å²) < 4.78 is 29.7. The molecule has 4 nitrogen and oxygen atoms in total. The van der Waals surface area contributed by atoms with E-state index in [1.54, 1.807) is 12.1 Å². The van der Waals surface area contributed by atoms with Crippen LogP contribution >= 0.6 is 0 Å². The van der Waals surface area contributed by atoms with Crippen LogP contribution in [0.4, 0.5) is 0 Å². The van der Waals surface area contributed by atoms with Crippen molar-refractivity contribution >= 4 is 11.0 Å². The van der Waals surface area contributed by atoms with Gasteiger partial charge in [-0.25, -0.2) is 4.98 Å². The van der Waals surface area contributed by atoms with Gasteiger partial charge in [0.15, 0.2) is 0 Å². The van der Waals surface area contributed by atoms with Crippen molar-refractivity contribution in [2.75, 3.05) is 0 Å². The molecule has 71 heavy (non-hydrogen) atoms. The quantitative estimate of drug-likeness (QED) is 0.118. The van der Waals surface area contributed by atoms with Crippen LogP contribution in [-0.4, -0.2) is 19.6 Å². The minimum absolute atomic E-state index is 0.0436. The molecule has 0 spiro atoms. The van der Waals surface area contributed by atoms with Crippen molar-refractivity contribution in [1.29, 1.82) is 0 Å². The Kier molecular flexibility index (Phi) is 11.9. The van der Waals surface area contributed by atoms with Gasteiger partial charge in [0.05, 0.1) is 28.0 Å². The van der Waals surface area contributed by atoms with Gasteiger partial charge in [-0.05, 0) is 171 Å². The van der Waals surface area contributed by atoms with Gasteiger partial charge in [0.1, 0.15) is 11.6 Å². The van der Waals surface area contributed by atoms with Crippen molar-refractivity contribution in [3.63, 3.8) is 0 Å². The fourth-order valence-corrected chi connectivity index (χ4v) is 10.4. The Labute approximate surface area is 424 Å². The number of phenols is 1. The molecular weight excluding hydrogens is 863 g/mol. The normalized spacial score (nSPS) is 12.7. The van der Waals surface area contributed by atoms with Crippen LogP contribution in [0.2, 0.25) is 0 Å². The average molecular weight is 929 g/mol. The minimum Gasteiger partial charge on any atom is -0.507 e. The van der Waals surface area contributed by atoms with Crippen LogP contribution in [0.5, 0.6) is 5.75 Å². The Balaban J connectivity index is 1.18. The molecule has 10 rings (SSSR count). The predicted octanol–water partition coefficient (Wildman–Crippen LogP) is 18.3. The van der Waals surface area contributed by atoms with Crippen LogP contribution in [0.1, 0.15) is 88.0 Å². The zero-order chi connectivity index (χ0) is 51.8. The molecule has 2 heterocycles. The third-order valence-electron chi connectivity index (χ3n) is 15.6. The molecule has 0 aliphatic rings. The number of phenolic OH excluding ortho intramolecular Hbond substituents is 1. The number of para-hydroxylation sites is 2. The van der Waals surface area contributed by atoms with Crippen molar-refractivity contribution in [3.05, 3.63) is 217 Å². The van der Waals surface area contributed by atoms with Crippen molar-refractivity contribution in [3.8, 4) is 89.7 Å². The number of benzene rings is 8. The van der Waals surface area contributed by atoms with Crippen LogP contribution < -0.4 is 0 Å². The van der Waals surface area contributed by atoms with Crippen molar-refractivity contribution in [2.45, 2.75) is 84.9 Å². The van der Waals surface area contributed by atoms with Crippen LogP contribution in [-0.2, 0) is 10.8 Å². The highest BCUT2D eigenvalue weighted by Crippen LogP contribution is 2.47. The second kappa shape index (κ2) is 19.5. The summed E-state index contributed by atoms with van der Waals surface area (Å²) in [5, 5.41) is 11.6. The predicted molar refractivity (Wildman–Crippen MR) is 299 cm³/mol. The number of aromatic hydroxyl groups is 1. The molecule has 352 valence electrons. The highest BCUT2D eigenvalue weighted by Gasteiger charge is 2.33. The van der Waals surface area contributed by atoms with Gasteiger partial charge in [0, 0.05) is 21.4 Å². The maximum Gasteiger partial charge on any atom is 0.149 e. The summed E-state index contributed by atoms with van der Waals surface area (Å²) in [6, 6.07) is 66.0. The summed E-state index contributed by atoms with van der Waals surface area (Å²) in [5.74, 6) is 0.480. The summed E-state index contributed by atoms with van der Waals surface area (Å²) in [5.41, 5.74) is 16.8. The van der Waals surface area contributed by atoms with Gasteiger partial charge in [-0.2, -0.15) is 0 Å². The van der Waals surface area contributed by atoms with Gasteiger partial charge in [-0.1, -0.05) is 175 Å². The first kappa shape index (κ1) is 43.2. The molecule has 4 heteroatoms. The summed E-state index contributed by atoms with van der Waals surface area (Å²) in [6.45, 7) is 11.1. The number of aromatic nitrogens is 3. The lowest BCUT2D eigenvalue weighted by atomic mass is 9.68. The van der Waals surface area contributed by atoms with E-state index < -0.39 is 6.85 Å². The molecule has 0 unspecified atom stereocenters. The highest BCUT2D eigenvalue weighted by atomic mass is 16.3. The number of imidazole rings is 1. The zero-order valence-electron chi connectivity index (χ0n) is 44.7. The highest BCUT2D eigenvalue weighted by molar-refractivity contribution is 5.98. The Hall–Kier alpha value is -7.82. The van der Waals surface area contributed by atoms with Crippen molar-refractivity contribution < 1.29 is 9.22 Å². The number of rotatable bonds is 14. The molecule has 10 aromatic rings. The lowest BCUT2D eigenvalue weighted by Gasteiger charge is -2.36. The molecule has 8 aromatic carbocycles. The van der Waals surface area contributed by atoms with Gasteiger partial charge < -0.3 is 5.11 Å². The van der Waals surface area contributed by atoms with Crippen LogP contribution in [0.3, 0.4) is 0 Å². The average Bonchev–Trinajstić information content (AvgIpc) is 3.85. The van der Waals surface area contributed by atoms with Gasteiger partial charge in [-0.15, -0.1) is 0 Å². The van der Waals surface area contributed by atoms with E-state index in [0.29, 0.717) is 28.1 Å². The fourth-order valence-electron chi connectivity index (χ4n) is 10.4. The molecule has 0 radical (unpaired) electrons. The summed E-state index contributed by atoms with van der Waals surface area (Å²) in [6.07, 6.45) is 5.63. The minimum atomic E-state index is -2.52. The molecule has 0 fully saturated rings. The van der Waals surface area contributed by atoms with Gasteiger partial charge in [0.25, 0.3) is 0 Å². The topological polar surface area (TPSA) is 50.9 Å². The largest absolute Gasteiger partial charge is 0.507 e. The maximum atomic E-state index is 11.6. The van der Waals surface area contributed by atoms with E-state index in [1.807, 2.05) is 71.4 Å². The number of hydrogen-bond donors (Lipinski definition) is 1. The second-order valence-electron chi connectivity index (χ2n) is 19.5. The van der Waals surface area contributed by atoms with E-state index in [0.717, 1.165) is 87.0 Å². The Morgan fingerprint density at radius 3 is 1.65 bits per heavy atom. The molecule has 0 aliphatic heterocycles. The monoisotopic (exact) mass is 929 g/mol. The Bertz CT molecular complexity index is 3590. The third kappa shape index (κ3) is 8.78. The molecule has 0 atom stereocenters. The van der Waals surface area contributed by atoms with Crippen molar-refractivity contribution in [2.24, 2.45) is 0 Å². The standard InChI is InChI=1S/C67H63N3O/c1-8-66(6,9-2)57-28-21-29-58(67(7,10-3)11-4)63(57)51-36-37-60(45(5)40-51)70-61-30-20-27-55(64(61)69-65(70)56-26-18-19-31-62(56)71)53-41-52(47-24-16-13-17-25-47)42-54(43-53)59-44-50(38-39-68-59)49-34-32-48(33-35-49)46-22-14-12-15-23-46/h12-44,71H,8-11H2,1-7H3/i5D3. The number of fused-ring (bicyclic) bond motifs is 1. The summed E-state index contributed by atoms with van der Waals surface area (Å²) >= 11 is 0. The van der Waals surface area contributed by atoms with Crippen LogP contribution in [0.25, 0.3) is 95.0 Å². The van der Waals surface area contributed by atoms with E-state index >= 15 is 0 Å². The van der Waals surface area contributed by atoms with Gasteiger partial charge in [0.2, 0.25) is 0 Å². The first-order valence-electron chi connectivity index (χ1n) is 26.7. The van der Waals surface area contributed by atoms with E-state index in [1.165, 1.54) is 16.7 Å². The second-order valence-corrected chi connectivity index (χ2v) is 19.5. The lowest BCUT2D eigenvalue weighted by molar-refractivity contribution is 0.426. The van der Waals surface area contributed by atoms with E-state index in [9.17, 15) is 9.22 Å².